The van der Waals surface area contributed by atoms with Crippen molar-refractivity contribution in [2.75, 3.05) is 17.7 Å². The maximum atomic E-state index is 12.5. The highest BCUT2D eigenvalue weighted by Gasteiger charge is 2.20. The molecule has 3 aromatic rings. The van der Waals surface area contributed by atoms with Crippen LogP contribution < -0.4 is 10.2 Å². The number of aromatic nitrogens is 1. The van der Waals surface area contributed by atoms with Gasteiger partial charge in [-0.3, -0.25) is 19.7 Å². The Morgan fingerprint density at radius 1 is 1.19 bits per heavy atom. The van der Waals surface area contributed by atoms with Crippen molar-refractivity contribution in [3.63, 3.8) is 0 Å². The maximum Gasteiger partial charge on any atom is 0.230 e. The van der Waals surface area contributed by atoms with Gasteiger partial charge in [-0.25, -0.2) is 0 Å². The average Bonchev–Trinajstić information content (AvgIpc) is 2.83. The molecule has 1 aromatic heterocycles. The molecule has 0 aliphatic heterocycles. The number of rotatable bonds is 7. The quantitative estimate of drug-likeness (QED) is 0.409. The number of phenols is 1. The van der Waals surface area contributed by atoms with Gasteiger partial charge < -0.3 is 10.4 Å². The summed E-state index contributed by atoms with van der Waals surface area (Å²) in [6, 6.07) is 18.9. The van der Waals surface area contributed by atoms with E-state index in [9.17, 15) is 9.90 Å². The fourth-order valence-electron chi connectivity index (χ4n) is 3.00. The molecule has 0 atom stereocenters. The molecule has 32 heavy (non-hydrogen) atoms. The summed E-state index contributed by atoms with van der Waals surface area (Å²) in [4.78, 5) is 23.0. The van der Waals surface area contributed by atoms with Crippen molar-refractivity contribution in [2.45, 2.75) is 13.5 Å². The minimum absolute atomic E-state index is 0.129. The molecule has 1 amide bonds. The first-order chi connectivity index (χ1) is 15.5. The minimum atomic E-state index is -0.129. The van der Waals surface area contributed by atoms with E-state index < -0.39 is 0 Å². The van der Waals surface area contributed by atoms with E-state index in [-0.39, 0.29) is 17.4 Å². The first-order valence-electron chi connectivity index (χ1n) is 10.1. The van der Waals surface area contributed by atoms with E-state index >= 15 is 0 Å². The van der Waals surface area contributed by atoms with Gasteiger partial charge in [0.2, 0.25) is 5.91 Å². The van der Waals surface area contributed by atoms with Crippen LogP contribution in [0, 0.1) is 6.92 Å². The number of benzene rings is 2. The molecule has 0 radical (unpaired) electrons. The first-order valence-corrected chi connectivity index (χ1v) is 11.1. The number of nitrogens with one attached hydrogen (secondary N) is 1. The zero-order chi connectivity index (χ0) is 22.9. The van der Waals surface area contributed by atoms with Crippen LogP contribution in [0.25, 0.3) is 5.70 Å². The van der Waals surface area contributed by atoms with E-state index in [0.717, 1.165) is 22.4 Å². The van der Waals surface area contributed by atoms with Gasteiger partial charge in [-0.15, -0.1) is 0 Å². The van der Waals surface area contributed by atoms with Crippen molar-refractivity contribution in [1.82, 2.24) is 10.3 Å². The summed E-state index contributed by atoms with van der Waals surface area (Å²) in [5, 5.41) is 13.4. The molecule has 1 heterocycles. The van der Waals surface area contributed by atoms with E-state index in [1.165, 1.54) is 11.8 Å². The molecule has 3 rings (SSSR count). The molecule has 0 aliphatic carbocycles. The Hall–Kier alpha value is -3.58. The molecule has 7 heteroatoms. The Balaban J connectivity index is 1.69. The van der Waals surface area contributed by atoms with E-state index in [1.807, 2.05) is 66.4 Å². The standard InChI is InChI=1S/C25H26N4O2S/c1-18-11-12-20(14-23(18)30)15-28-24(31)17-32-25(26-3)29(22-9-5-4-6-10-22)19(2)21-8-7-13-27-16-21/h4-14,16,30H,2,15,17H2,1,3H3,(H,28,31). The summed E-state index contributed by atoms with van der Waals surface area (Å²) in [5.41, 5.74) is 4.11. The third-order valence-electron chi connectivity index (χ3n) is 4.76. The Kier molecular flexibility index (Phi) is 8.05. The van der Waals surface area contributed by atoms with Crippen LogP contribution >= 0.6 is 11.8 Å². The summed E-state index contributed by atoms with van der Waals surface area (Å²) < 4.78 is 0. The van der Waals surface area contributed by atoms with Crippen LogP contribution in [0.1, 0.15) is 16.7 Å². The molecular formula is C25H26N4O2S. The number of anilines is 1. The third-order valence-corrected chi connectivity index (χ3v) is 5.79. The number of pyridine rings is 1. The summed E-state index contributed by atoms with van der Waals surface area (Å²) in [7, 11) is 1.70. The van der Waals surface area contributed by atoms with Crippen molar-refractivity contribution in [2.24, 2.45) is 4.99 Å². The van der Waals surface area contributed by atoms with Crippen LogP contribution in [-0.2, 0) is 11.3 Å². The number of hydrogen-bond donors (Lipinski definition) is 2. The highest BCUT2D eigenvalue weighted by molar-refractivity contribution is 8.14. The van der Waals surface area contributed by atoms with Crippen molar-refractivity contribution < 1.29 is 9.90 Å². The Morgan fingerprint density at radius 3 is 2.62 bits per heavy atom. The molecule has 0 aliphatic rings. The zero-order valence-corrected chi connectivity index (χ0v) is 19.0. The van der Waals surface area contributed by atoms with Crippen molar-refractivity contribution in [1.29, 1.82) is 0 Å². The minimum Gasteiger partial charge on any atom is -0.508 e. The van der Waals surface area contributed by atoms with Gasteiger partial charge in [0.15, 0.2) is 5.17 Å². The van der Waals surface area contributed by atoms with Gasteiger partial charge in [0.05, 0.1) is 5.75 Å². The number of amidine groups is 1. The molecule has 0 saturated heterocycles. The summed E-state index contributed by atoms with van der Waals surface area (Å²) in [5.74, 6) is 0.281. The number of phenolic OH excluding ortho intramolecular Hbond substituents is 1. The van der Waals surface area contributed by atoms with Gasteiger partial charge >= 0.3 is 0 Å². The fourth-order valence-corrected chi connectivity index (χ4v) is 3.83. The van der Waals surface area contributed by atoms with Gasteiger partial charge in [-0.1, -0.05) is 48.7 Å². The van der Waals surface area contributed by atoms with Crippen LogP contribution in [0.5, 0.6) is 5.75 Å². The lowest BCUT2D eigenvalue weighted by atomic mass is 10.1. The highest BCUT2D eigenvalue weighted by atomic mass is 32.2. The molecule has 0 fully saturated rings. The van der Waals surface area contributed by atoms with Crippen LogP contribution in [-0.4, -0.2) is 34.0 Å². The fraction of sp³-hybridized carbons (Fsp3) is 0.160. The normalized spacial score (nSPS) is 11.1. The van der Waals surface area contributed by atoms with E-state index in [1.54, 1.807) is 25.5 Å². The first kappa shape index (κ1) is 23.1. The zero-order valence-electron chi connectivity index (χ0n) is 18.2. The summed E-state index contributed by atoms with van der Waals surface area (Å²) >= 11 is 1.33. The topological polar surface area (TPSA) is 77.8 Å². The Bertz CT molecular complexity index is 1100. The Labute approximate surface area is 192 Å². The number of aromatic hydroxyl groups is 1. The molecule has 0 unspecified atom stereocenters. The van der Waals surface area contributed by atoms with Crippen LogP contribution in [0.15, 0.2) is 84.6 Å². The van der Waals surface area contributed by atoms with Crippen molar-refractivity contribution in [3.05, 3.63) is 96.3 Å². The number of carbonyl (C=O) groups excluding carboxylic acids is 1. The second-order valence-electron chi connectivity index (χ2n) is 7.05. The maximum absolute atomic E-state index is 12.5. The number of aryl methyl sites for hydroxylation is 1. The SMILES string of the molecule is C=C(c1cccnc1)N(C(=NC)SCC(=O)NCc1ccc(C)c(O)c1)c1ccccc1. The number of aliphatic imine (C=N–C) groups is 1. The number of para-hydroxylation sites is 1. The number of thioether (sulfide) groups is 1. The predicted octanol–water partition coefficient (Wildman–Crippen LogP) is 4.61. The largest absolute Gasteiger partial charge is 0.508 e. The highest BCUT2D eigenvalue weighted by Crippen LogP contribution is 2.28. The molecule has 0 spiro atoms. The van der Waals surface area contributed by atoms with Gasteiger partial charge in [0, 0.05) is 42.9 Å². The second-order valence-corrected chi connectivity index (χ2v) is 7.99. The number of carbonyl (C=O) groups is 1. The third kappa shape index (κ3) is 5.98. The van der Waals surface area contributed by atoms with Gasteiger partial charge in [-0.05, 0) is 48.4 Å². The number of hydrogen-bond acceptors (Lipinski definition) is 5. The predicted molar refractivity (Wildman–Crippen MR) is 133 cm³/mol. The van der Waals surface area contributed by atoms with Crippen LogP contribution in [0.3, 0.4) is 0 Å². The van der Waals surface area contributed by atoms with E-state index in [0.29, 0.717) is 17.4 Å². The number of amides is 1. The molecule has 2 aromatic carbocycles. The smallest absolute Gasteiger partial charge is 0.230 e. The van der Waals surface area contributed by atoms with Gasteiger partial charge in [-0.2, -0.15) is 0 Å². The van der Waals surface area contributed by atoms with Crippen LogP contribution in [0.4, 0.5) is 5.69 Å². The Morgan fingerprint density at radius 2 is 1.97 bits per heavy atom. The molecule has 6 nitrogen and oxygen atoms in total. The average molecular weight is 447 g/mol. The van der Waals surface area contributed by atoms with Crippen LogP contribution in [0.2, 0.25) is 0 Å². The lowest BCUT2D eigenvalue weighted by Crippen LogP contribution is -2.30. The molecule has 0 bridgehead atoms. The molecular weight excluding hydrogens is 420 g/mol. The van der Waals surface area contributed by atoms with Gasteiger partial charge in [0.25, 0.3) is 0 Å². The molecule has 0 saturated carbocycles. The number of nitrogens with zero attached hydrogens (tertiary/aromatic N) is 3. The monoisotopic (exact) mass is 446 g/mol. The summed E-state index contributed by atoms with van der Waals surface area (Å²) in [6.07, 6.45) is 3.46. The van der Waals surface area contributed by atoms with E-state index in [4.69, 9.17) is 0 Å². The van der Waals surface area contributed by atoms with Gasteiger partial charge in [0.1, 0.15) is 5.75 Å². The summed E-state index contributed by atoms with van der Waals surface area (Å²) in [6.45, 7) is 6.43. The second kappa shape index (κ2) is 11.2. The molecule has 164 valence electrons. The van der Waals surface area contributed by atoms with E-state index in [2.05, 4.69) is 21.9 Å². The van der Waals surface area contributed by atoms with Crippen molar-refractivity contribution in [3.8, 4) is 5.75 Å². The molecule has 2 N–H and O–H groups in total. The lowest BCUT2D eigenvalue weighted by molar-refractivity contribution is -0.118. The lowest BCUT2D eigenvalue weighted by Gasteiger charge is -2.27. The van der Waals surface area contributed by atoms with Crippen molar-refractivity contribution >= 4 is 34.2 Å².